The molecule has 0 radical (unpaired) electrons. The summed E-state index contributed by atoms with van der Waals surface area (Å²) in [7, 11) is 0. The average molecular weight is 200 g/mol. The molecule has 2 amide bonds. The highest BCUT2D eigenvalue weighted by atomic mass is 16.3. The number of rotatable bonds is 1. The molecule has 4 heteroatoms. The van der Waals surface area contributed by atoms with Gasteiger partial charge in [-0.2, -0.15) is 0 Å². The molecule has 0 bridgehead atoms. The van der Waals surface area contributed by atoms with Gasteiger partial charge in [-0.3, -0.25) is 0 Å². The smallest absolute Gasteiger partial charge is 0.312 e. The minimum absolute atomic E-state index is 0.00810. The van der Waals surface area contributed by atoms with Crippen LogP contribution in [0.2, 0.25) is 0 Å². The molecule has 1 saturated carbocycles. The molecule has 0 aliphatic heterocycles. The summed E-state index contributed by atoms with van der Waals surface area (Å²) >= 11 is 0. The third-order valence-electron chi connectivity index (χ3n) is 2.69. The highest BCUT2D eigenvalue weighted by molar-refractivity contribution is 5.72. The zero-order valence-corrected chi connectivity index (χ0v) is 9.13. The molecule has 0 heterocycles. The third-order valence-corrected chi connectivity index (χ3v) is 2.69. The topological polar surface area (TPSA) is 75.3 Å². The van der Waals surface area contributed by atoms with Gasteiger partial charge in [-0.05, 0) is 31.6 Å². The number of hydrogen-bond donors (Lipinski definition) is 3. The number of aliphatic hydroxyl groups is 1. The number of primary amides is 1. The van der Waals surface area contributed by atoms with E-state index in [0.717, 1.165) is 12.8 Å². The fraction of sp³-hybridized carbons (Fsp3) is 0.900. The summed E-state index contributed by atoms with van der Waals surface area (Å²) < 4.78 is 0. The van der Waals surface area contributed by atoms with E-state index in [1.54, 1.807) is 0 Å². The fourth-order valence-corrected chi connectivity index (χ4v) is 2.75. The van der Waals surface area contributed by atoms with Crippen molar-refractivity contribution in [2.45, 2.75) is 51.7 Å². The van der Waals surface area contributed by atoms with Gasteiger partial charge in [0.1, 0.15) is 0 Å². The highest BCUT2D eigenvalue weighted by Crippen LogP contribution is 2.40. The largest absolute Gasteiger partial charge is 0.390 e. The van der Waals surface area contributed by atoms with Gasteiger partial charge in [0.15, 0.2) is 0 Å². The van der Waals surface area contributed by atoms with Crippen molar-refractivity contribution in [3.63, 3.8) is 0 Å². The van der Waals surface area contributed by atoms with Gasteiger partial charge in [-0.15, -0.1) is 0 Å². The van der Waals surface area contributed by atoms with Crippen LogP contribution >= 0.6 is 0 Å². The standard InChI is InChI=1S/C10H20N2O2/c1-9(2)4-7(12-8(11)13)5-10(3,14)6-9/h7,14H,4-6H2,1-3H3,(H3,11,12,13). The molecule has 4 N–H and O–H groups in total. The molecule has 1 rings (SSSR count). The van der Waals surface area contributed by atoms with Gasteiger partial charge in [0.05, 0.1) is 5.60 Å². The van der Waals surface area contributed by atoms with Crippen LogP contribution in [0.1, 0.15) is 40.0 Å². The average Bonchev–Trinajstić information content (AvgIpc) is 1.74. The van der Waals surface area contributed by atoms with Crippen LogP contribution in [-0.4, -0.2) is 22.8 Å². The Hall–Kier alpha value is -0.770. The van der Waals surface area contributed by atoms with Crippen molar-refractivity contribution < 1.29 is 9.90 Å². The molecular weight excluding hydrogens is 180 g/mol. The summed E-state index contributed by atoms with van der Waals surface area (Å²) in [6.07, 6.45) is 2.21. The summed E-state index contributed by atoms with van der Waals surface area (Å²) in [6, 6.07) is -0.519. The normalized spacial score (nSPS) is 36.4. The predicted octanol–water partition coefficient (Wildman–Crippen LogP) is 0.984. The molecule has 2 atom stereocenters. The van der Waals surface area contributed by atoms with Crippen molar-refractivity contribution in [3.8, 4) is 0 Å². The number of carbonyl (C=O) groups excluding carboxylic acids is 1. The minimum atomic E-state index is -0.700. The first-order valence-electron chi connectivity index (χ1n) is 4.99. The SMILES string of the molecule is CC1(C)CC(NC(N)=O)CC(C)(O)C1. The van der Waals surface area contributed by atoms with Crippen LogP contribution in [0.4, 0.5) is 4.79 Å². The number of amides is 2. The first-order chi connectivity index (χ1) is 6.20. The van der Waals surface area contributed by atoms with Gasteiger partial charge in [-0.25, -0.2) is 4.79 Å². The van der Waals surface area contributed by atoms with E-state index in [1.807, 2.05) is 6.92 Å². The molecule has 4 nitrogen and oxygen atoms in total. The van der Waals surface area contributed by atoms with Crippen LogP contribution in [0.3, 0.4) is 0 Å². The number of nitrogens with two attached hydrogens (primary N) is 1. The van der Waals surface area contributed by atoms with Crippen molar-refractivity contribution in [2.75, 3.05) is 0 Å². The Kier molecular flexibility index (Phi) is 2.76. The van der Waals surface area contributed by atoms with E-state index in [2.05, 4.69) is 19.2 Å². The molecule has 0 aromatic heterocycles. The first kappa shape index (κ1) is 11.3. The van der Waals surface area contributed by atoms with E-state index in [9.17, 15) is 9.90 Å². The van der Waals surface area contributed by atoms with Crippen LogP contribution < -0.4 is 11.1 Å². The Morgan fingerprint density at radius 2 is 2.00 bits per heavy atom. The predicted molar refractivity (Wildman–Crippen MR) is 54.8 cm³/mol. The van der Waals surface area contributed by atoms with Crippen molar-refractivity contribution in [2.24, 2.45) is 11.1 Å². The van der Waals surface area contributed by atoms with E-state index < -0.39 is 11.6 Å². The van der Waals surface area contributed by atoms with Crippen molar-refractivity contribution >= 4 is 6.03 Å². The second kappa shape index (κ2) is 3.42. The van der Waals surface area contributed by atoms with E-state index in [4.69, 9.17) is 5.73 Å². The number of carbonyl (C=O) groups is 1. The zero-order chi connectivity index (χ0) is 11.0. The maximum Gasteiger partial charge on any atom is 0.312 e. The maximum absolute atomic E-state index is 10.7. The lowest BCUT2D eigenvalue weighted by molar-refractivity contribution is -0.0345. The summed E-state index contributed by atoms with van der Waals surface area (Å²) in [5.74, 6) is 0. The third kappa shape index (κ3) is 3.18. The molecule has 0 aromatic rings. The van der Waals surface area contributed by atoms with Gasteiger partial charge in [-0.1, -0.05) is 13.8 Å². The molecular formula is C10H20N2O2. The Bertz CT molecular complexity index is 220. The summed E-state index contributed by atoms with van der Waals surface area (Å²) in [5.41, 5.74) is 4.42. The maximum atomic E-state index is 10.7. The van der Waals surface area contributed by atoms with Gasteiger partial charge >= 0.3 is 6.03 Å². The van der Waals surface area contributed by atoms with Crippen molar-refractivity contribution in [1.29, 1.82) is 0 Å². The number of nitrogens with one attached hydrogen (secondary N) is 1. The molecule has 0 saturated heterocycles. The van der Waals surface area contributed by atoms with Crippen LogP contribution in [-0.2, 0) is 0 Å². The molecule has 0 aromatic carbocycles. The van der Waals surface area contributed by atoms with Crippen LogP contribution in [0.5, 0.6) is 0 Å². The second-order valence-corrected chi connectivity index (χ2v) is 5.45. The second-order valence-electron chi connectivity index (χ2n) is 5.45. The molecule has 14 heavy (non-hydrogen) atoms. The minimum Gasteiger partial charge on any atom is -0.390 e. The first-order valence-corrected chi connectivity index (χ1v) is 4.99. The van der Waals surface area contributed by atoms with Crippen LogP contribution in [0, 0.1) is 5.41 Å². The Morgan fingerprint density at radius 1 is 1.43 bits per heavy atom. The van der Waals surface area contributed by atoms with Crippen LogP contribution in [0.25, 0.3) is 0 Å². The van der Waals surface area contributed by atoms with Gasteiger partial charge in [0, 0.05) is 6.04 Å². The summed E-state index contributed by atoms with van der Waals surface area (Å²) in [5, 5.41) is 12.7. The molecule has 82 valence electrons. The lowest BCUT2D eigenvalue weighted by atomic mass is 9.68. The number of urea groups is 1. The monoisotopic (exact) mass is 200 g/mol. The van der Waals surface area contributed by atoms with E-state index in [-0.39, 0.29) is 11.5 Å². The zero-order valence-electron chi connectivity index (χ0n) is 9.13. The van der Waals surface area contributed by atoms with Gasteiger partial charge < -0.3 is 16.2 Å². The van der Waals surface area contributed by atoms with E-state index in [1.165, 1.54) is 0 Å². The van der Waals surface area contributed by atoms with Gasteiger partial charge in [0.2, 0.25) is 0 Å². The van der Waals surface area contributed by atoms with Crippen molar-refractivity contribution in [1.82, 2.24) is 5.32 Å². The number of hydrogen-bond acceptors (Lipinski definition) is 2. The molecule has 1 aliphatic carbocycles. The van der Waals surface area contributed by atoms with Gasteiger partial charge in [0.25, 0.3) is 0 Å². The van der Waals surface area contributed by atoms with E-state index in [0.29, 0.717) is 6.42 Å². The lowest BCUT2D eigenvalue weighted by Gasteiger charge is -2.43. The lowest BCUT2D eigenvalue weighted by Crippen LogP contribution is -2.50. The molecule has 0 spiro atoms. The molecule has 1 fully saturated rings. The summed E-state index contributed by atoms with van der Waals surface area (Å²) in [6.45, 7) is 6.00. The fourth-order valence-electron chi connectivity index (χ4n) is 2.75. The van der Waals surface area contributed by atoms with Crippen molar-refractivity contribution in [3.05, 3.63) is 0 Å². The quantitative estimate of drug-likeness (QED) is 0.590. The summed E-state index contributed by atoms with van der Waals surface area (Å²) in [4.78, 5) is 10.7. The molecule has 2 unspecified atom stereocenters. The Morgan fingerprint density at radius 3 is 2.43 bits per heavy atom. The highest BCUT2D eigenvalue weighted by Gasteiger charge is 2.40. The Labute approximate surface area is 84.9 Å². The Balaban J connectivity index is 2.66. The van der Waals surface area contributed by atoms with E-state index >= 15 is 0 Å². The van der Waals surface area contributed by atoms with Crippen LogP contribution in [0.15, 0.2) is 0 Å². The molecule has 1 aliphatic rings.